The Morgan fingerprint density at radius 3 is 2.89 bits per heavy atom. The fraction of sp³-hybridized carbons (Fsp3) is 0.300. The van der Waals surface area contributed by atoms with E-state index in [-0.39, 0.29) is 0 Å². The summed E-state index contributed by atoms with van der Waals surface area (Å²) in [6.07, 6.45) is 10.8. The molecule has 7 heteroatoms. The second-order valence-electron chi connectivity index (χ2n) is 7.18. The van der Waals surface area contributed by atoms with E-state index in [4.69, 9.17) is 10.1 Å². The smallest absolute Gasteiger partial charge is 0.156 e. The molecular formula is C20H21N7. The van der Waals surface area contributed by atoms with Crippen LogP contribution in [-0.2, 0) is 13.6 Å². The highest BCUT2D eigenvalue weighted by Crippen LogP contribution is 2.27. The van der Waals surface area contributed by atoms with Gasteiger partial charge in [0.05, 0.1) is 6.20 Å². The summed E-state index contributed by atoms with van der Waals surface area (Å²) in [5.74, 6) is 1.32. The minimum absolute atomic E-state index is 0.378. The molecule has 1 aliphatic rings. The third-order valence-corrected chi connectivity index (χ3v) is 5.14. The highest BCUT2D eigenvalue weighted by molar-refractivity contribution is 5.63. The molecule has 5 rings (SSSR count). The lowest BCUT2D eigenvalue weighted by Crippen LogP contribution is -2.19. The van der Waals surface area contributed by atoms with Gasteiger partial charge in [0.15, 0.2) is 11.5 Å². The fourth-order valence-corrected chi connectivity index (χ4v) is 3.78. The van der Waals surface area contributed by atoms with Crippen LogP contribution in [0, 0.1) is 0 Å². The SMILES string of the molecule is Cn1cc(CN2CC[C@H](c3nc4ccc(-c5cccnc5)cn4n3)C2)cn1. The van der Waals surface area contributed by atoms with Gasteiger partial charge in [-0.2, -0.15) is 10.2 Å². The molecule has 1 fully saturated rings. The first-order valence-electron chi connectivity index (χ1n) is 9.21. The van der Waals surface area contributed by atoms with Gasteiger partial charge in [-0.15, -0.1) is 0 Å². The van der Waals surface area contributed by atoms with Crippen LogP contribution in [-0.4, -0.2) is 47.4 Å². The Morgan fingerprint density at radius 1 is 1.11 bits per heavy atom. The number of pyridine rings is 2. The van der Waals surface area contributed by atoms with Crippen LogP contribution in [0.1, 0.15) is 23.7 Å². The van der Waals surface area contributed by atoms with Crippen molar-refractivity contribution >= 4 is 5.65 Å². The van der Waals surface area contributed by atoms with Crippen molar-refractivity contribution in [3.63, 3.8) is 0 Å². The molecule has 0 spiro atoms. The second-order valence-corrected chi connectivity index (χ2v) is 7.18. The van der Waals surface area contributed by atoms with Crippen molar-refractivity contribution in [3.8, 4) is 11.1 Å². The monoisotopic (exact) mass is 359 g/mol. The molecule has 27 heavy (non-hydrogen) atoms. The van der Waals surface area contributed by atoms with E-state index in [2.05, 4.69) is 33.3 Å². The molecule has 0 aromatic carbocycles. The average molecular weight is 359 g/mol. The van der Waals surface area contributed by atoms with E-state index < -0.39 is 0 Å². The van der Waals surface area contributed by atoms with Gasteiger partial charge in [-0.05, 0) is 31.2 Å². The summed E-state index contributed by atoms with van der Waals surface area (Å²) in [7, 11) is 1.95. The zero-order chi connectivity index (χ0) is 18.2. The van der Waals surface area contributed by atoms with E-state index in [0.717, 1.165) is 48.7 Å². The molecule has 7 nitrogen and oxygen atoms in total. The number of aromatic nitrogens is 6. The molecule has 136 valence electrons. The molecule has 4 aromatic rings. The Labute approximate surface area is 157 Å². The number of fused-ring (bicyclic) bond motifs is 1. The Morgan fingerprint density at radius 2 is 2.07 bits per heavy atom. The van der Waals surface area contributed by atoms with Crippen LogP contribution in [0.2, 0.25) is 0 Å². The minimum Gasteiger partial charge on any atom is -0.298 e. The predicted octanol–water partition coefficient (Wildman–Crippen LogP) is 2.51. The average Bonchev–Trinajstić information content (AvgIpc) is 3.41. The summed E-state index contributed by atoms with van der Waals surface area (Å²) >= 11 is 0. The van der Waals surface area contributed by atoms with E-state index in [1.807, 2.05) is 47.0 Å². The lowest BCUT2D eigenvalue weighted by Gasteiger charge is -2.13. The predicted molar refractivity (Wildman–Crippen MR) is 102 cm³/mol. The number of hydrogen-bond donors (Lipinski definition) is 0. The van der Waals surface area contributed by atoms with Crippen molar-refractivity contribution in [3.05, 3.63) is 66.6 Å². The molecule has 0 aliphatic carbocycles. The summed E-state index contributed by atoms with van der Waals surface area (Å²) in [6.45, 7) is 2.99. The summed E-state index contributed by atoms with van der Waals surface area (Å²) in [5.41, 5.74) is 4.32. The van der Waals surface area contributed by atoms with Crippen molar-refractivity contribution in [1.29, 1.82) is 0 Å². The van der Waals surface area contributed by atoms with Crippen molar-refractivity contribution in [2.75, 3.05) is 13.1 Å². The zero-order valence-electron chi connectivity index (χ0n) is 15.2. The first-order valence-corrected chi connectivity index (χ1v) is 9.21. The van der Waals surface area contributed by atoms with Gasteiger partial charge in [-0.3, -0.25) is 14.6 Å². The fourth-order valence-electron chi connectivity index (χ4n) is 3.78. The third kappa shape index (κ3) is 3.21. The molecule has 0 unspecified atom stereocenters. The number of likely N-dealkylation sites (tertiary alicyclic amines) is 1. The zero-order valence-corrected chi connectivity index (χ0v) is 15.2. The molecule has 4 aromatic heterocycles. The van der Waals surface area contributed by atoms with Crippen LogP contribution >= 0.6 is 0 Å². The summed E-state index contributed by atoms with van der Waals surface area (Å²) in [5, 5.41) is 9.02. The van der Waals surface area contributed by atoms with E-state index in [9.17, 15) is 0 Å². The quantitative estimate of drug-likeness (QED) is 0.560. The largest absolute Gasteiger partial charge is 0.298 e. The molecule has 1 atom stereocenters. The standard InChI is InChI=1S/C20H21N7/c1-25-11-15(9-22-25)12-26-8-6-18(13-26)20-23-19-5-4-17(14-27(19)24-20)16-3-2-7-21-10-16/h2-5,7,9-11,14,18H,6,8,12-13H2,1H3/t18-/m0/s1. The van der Waals surface area contributed by atoms with Crippen LogP contribution in [0.5, 0.6) is 0 Å². The molecule has 1 aliphatic heterocycles. The maximum Gasteiger partial charge on any atom is 0.156 e. The molecular weight excluding hydrogens is 338 g/mol. The van der Waals surface area contributed by atoms with Crippen molar-refractivity contribution < 1.29 is 0 Å². The van der Waals surface area contributed by atoms with Crippen molar-refractivity contribution in [2.45, 2.75) is 18.9 Å². The van der Waals surface area contributed by atoms with E-state index >= 15 is 0 Å². The molecule has 0 amide bonds. The van der Waals surface area contributed by atoms with Gasteiger partial charge in [0.25, 0.3) is 0 Å². The number of rotatable bonds is 4. The molecule has 1 saturated heterocycles. The van der Waals surface area contributed by atoms with Crippen LogP contribution < -0.4 is 0 Å². The van der Waals surface area contributed by atoms with Crippen LogP contribution in [0.3, 0.4) is 0 Å². The highest BCUT2D eigenvalue weighted by Gasteiger charge is 2.27. The maximum atomic E-state index is 4.77. The Balaban J connectivity index is 1.34. The van der Waals surface area contributed by atoms with Gasteiger partial charge in [0.1, 0.15) is 0 Å². The van der Waals surface area contributed by atoms with Gasteiger partial charge in [-0.25, -0.2) is 9.50 Å². The normalized spacial score (nSPS) is 17.7. The van der Waals surface area contributed by atoms with Gasteiger partial charge in [0.2, 0.25) is 0 Å². The molecule has 5 heterocycles. The molecule has 0 saturated carbocycles. The van der Waals surface area contributed by atoms with Gasteiger partial charge >= 0.3 is 0 Å². The number of aryl methyl sites for hydroxylation is 1. The Kier molecular flexibility index (Phi) is 3.94. The van der Waals surface area contributed by atoms with Crippen LogP contribution in [0.25, 0.3) is 16.8 Å². The first-order chi connectivity index (χ1) is 13.2. The maximum absolute atomic E-state index is 4.77. The summed E-state index contributed by atoms with van der Waals surface area (Å²) in [6, 6.07) is 8.11. The van der Waals surface area contributed by atoms with Crippen LogP contribution in [0.15, 0.2) is 55.2 Å². The minimum atomic E-state index is 0.378. The van der Waals surface area contributed by atoms with E-state index in [0.29, 0.717) is 5.92 Å². The summed E-state index contributed by atoms with van der Waals surface area (Å²) in [4.78, 5) is 11.4. The molecule has 0 N–H and O–H groups in total. The van der Waals surface area contributed by atoms with Gasteiger partial charge in [-0.1, -0.05) is 6.07 Å². The van der Waals surface area contributed by atoms with Gasteiger partial charge in [0, 0.05) is 67.5 Å². The first kappa shape index (κ1) is 16.1. The number of hydrogen-bond acceptors (Lipinski definition) is 5. The van der Waals surface area contributed by atoms with Crippen molar-refractivity contribution in [1.82, 2.24) is 34.3 Å². The van der Waals surface area contributed by atoms with E-state index in [1.165, 1.54) is 5.56 Å². The third-order valence-electron chi connectivity index (χ3n) is 5.14. The lowest BCUT2D eigenvalue weighted by atomic mass is 10.1. The molecule has 0 bridgehead atoms. The topological polar surface area (TPSA) is 64.1 Å². The van der Waals surface area contributed by atoms with E-state index in [1.54, 1.807) is 6.20 Å². The summed E-state index contributed by atoms with van der Waals surface area (Å²) < 4.78 is 3.74. The highest BCUT2D eigenvalue weighted by atomic mass is 15.3. The van der Waals surface area contributed by atoms with Crippen LogP contribution in [0.4, 0.5) is 0 Å². The number of nitrogens with zero attached hydrogens (tertiary/aromatic N) is 7. The second kappa shape index (κ2) is 6.59. The lowest BCUT2D eigenvalue weighted by molar-refractivity contribution is 0.325. The Bertz CT molecular complexity index is 1070. The van der Waals surface area contributed by atoms with Gasteiger partial charge < -0.3 is 0 Å². The van der Waals surface area contributed by atoms with Crippen molar-refractivity contribution in [2.24, 2.45) is 7.05 Å². The Hall–Kier alpha value is -3.06. The molecule has 0 radical (unpaired) electrons.